The minimum absolute atomic E-state index is 0.156. The maximum atomic E-state index is 13.6. The van der Waals surface area contributed by atoms with E-state index in [-0.39, 0.29) is 29.4 Å². The molecule has 2 unspecified atom stereocenters. The molecule has 3 heterocycles. The van der Waals surface area contributed by atoms with Crippen LogP contribution in [-0.2, 0) is 23.1 Å². The van der Waals surface area contributed by atoms with Gasteiger partial charge in [0.15, 0.2) is 11.5 Å². The Bertz CT molecular complexity index is 1760. The second-order valence-corrected chi connectivity index (χ2v) is 14.2. The number of aromatic nitrogens is 2. The number of carbonyl (C=O) groups excluding carboxylic acids is 2. The van der Waals surface area contributed by atoms with Crippen LogP contribution in [0.1, 0.15) is 68.8 Å². The summed E-state index contributed by atoms with van der Waals surface area (Å²) in [6.07, 6.45) is 5.26. The van der Waals surface area contributed by atoms with Gasteiger partial charge in [-0.05, 0) is 80.8 Å². The number of amides is 3. The van der Waals surface area contributed by atoms with Gasteiger partial charge in [0.05, 0.1) is 32.0 Å². The Morgan fingerprint density at radius 3 is 2.27 bits per heavy atom. The highest BCUT2D eigenvalue weighted by Gasteiger charge is 2.43. The third-order valence-electron chi connectivity index (χ3n) is 9.65. The maximum absolute atomic E-state index is 13.6. The zero-order valence-electron chi connectivity index (χ0n) is 28.9. The zero-order valence-corrected chi connectivity index (χ0v) is 28.9. The number of nitrogens with zero attached hydrogens (tertiary/aromatic N) is 3. The van der Waals surface area contributed by atoms with E-state index in [4.69, 9.17) is 14.6 Å². The number of nitrogens with one attached hydrogen (secondary N) is 2. The first-order valence-electron chi connectivity index (χ1n) is 16.9. The second-order valence-electron chi connectivity index (χ2n) is 14.2. The molecule has 252 valence electrons. The first-order chi connectivity index (χ1) is 23.0. The van der Waals surface area contributed by atoms with Gasteiger partial charge in [0.25, 0.3) is 0 Å². The smallest absolute Gasteiger partial charge is 0.324 e. The van der Waals surface area contributed by atoms with E-state index in [2.05, 4.69) is 48.4 Å². The highest BCUT2D eigenvalue weighted by Crippen LogP contribution is 2.41. The highest BCUT2D eigenvalue weighted by atomic mass is 16.5. The molecule has 0 saturated carbocycles. The molecule has 2 aliphatic rings. The van der Waals surface area contributed by atoms with Crippen molar-refractivity contribution in [2.45, 2.75) is 83.7 Å². The minimum atomic E-state index is -0.321. The molecular weight excluding hydrogens is 602 g/mol. The number of hydrogen-bond acceptors (Lipinski definition) is 5. The minimum Gasteiger partial charge on any atom is -0.493 e. The topological polar surface area (TPSA) is 97.7 Å². The average molecular weight is 650 g/mol. The number of para-hydroxylation sites is 1. The van der Waals surface area contributed by atoms with Crippen molar-refractivity contribution in [2.24, 2.45) is 5.92 Å². The lowest BCUT2D eigenvalue weighted by Gasteiger charge is -2.39. The quantitative estimate of drug-likeness (QED) is 0.194. The second kappa shape index (κ2) is 13.7. The number of hydrogen-bond donors (Lipinski definition) is 2. The van der Waals surface area contributed by atoms with Crippen molar-refractivity contribution < 1.29 is 19.1 Å². The van der Waals surface area contributed by atoms with Gasteiger partial charge in [0.1, 0.15) is 5.82 Å². The fourth-order valence-electron chi connectivity index (χ4n) is 7.32. The van der Waals surface area contributed by atoms with Crippen LogP contribution in [0.3, 0.4) is 0 Å². The Morgan fingerprint density at radius 2 is 1.60 bits per heavy atom. The SMILES string of the molecule is COc1cccc(CC(=O)N2C3CCC2CC(Cc2cccc(NC(=O)Nc4cc(C(C)(C)C)nn4-c4ccc(C)cc4)c2)C3)c1OC. The van der Waals surface area contributed by atoms with E-state index in [1.165, 1.54) is 5.56 Å². The number of benzene rings is 3. The lowest BCUT2D eigenvalue weighted by Crippen LogP contribution is -2.47. The lowest BCUT2D eigenvalue weighted by atomic mass is 9.85. The van der Waals surface area contributed by atoms with Crippen molar-refractivity contribution >= 4 is 23.4 Å². The predicted molar refractivity (Wildman–Crippen MR) is 189 cm³/mol. The number of fused-ring (bicyclic) bond motifs is 2. The van der Waals surface area contributed by atoms with Crippen LogP contribution in [0.5, 0.6) is 11.5 Å². The summed E-state index contributed by atoms with van der Waals surface area (Å²) < 4.78 is 12.8. The number of ether oxygens (including phenoxy) is 2. The molecule has 1 aromatic heterocycles. The van der Waals surface area contributed by atoms with Crippen LogP contribution < -0.4 is 20.1 Å². The molecule has 3 amide bonds. The third kappa shape index (κ3) is 7.20. The summed E-state index contributed by atoms with van der Waals surface area (Å²) >= 11 is 0. The van der Waals surface area contributed by atoms with E-state index in [1.54, 1.807) is 18.9 Å². The van der Waals surface area contributed by atoms with E-state index < -0.39 is 0 Å². The summed E-state index contributed by atoms with van der Waals surface area (Å²) in [7, 11) is 3.23. The van der Waals surface area contributed by atoms with Crippen LogP contribution in [0.25, 0.3) is 5.69 Å². The molecule has 0 spiro atoms. The van der Waals surface area contributed by atoms with Gasteiger partial charge in [-0.3, -0.25) is 10.1 Å². The van der Waals surface area contributed by atoms with E-state index in [1.807, 2.05) is 67.6 Å². The van der Waals surface area contributed by atoms with Crippen molar-refractivity contribution in [1.29, 1.82) is 0 Å². The van der Waals surface area contributed by atoms with Gasteiger partial charge in [-0.1, -0.05) is 62.7 Å². The number of aryl methyl sites for hydroxylation is 1. The molecule has 6 rings (SSSR count). The molecule has 2 aliphatic heterocycles. The van der Waals surface area contributed by atoms with E-state index >= 15 is 0 Å². The number of anilines is 2. The number of carbonyl (C=O) groups is 2. The van der Waals surface area contributed by atoms with Crippen LogP contribution in [0.15, 0.2) is 72.8 Å². The predicted octanol–water partition coefficient (Wildman–Crippen LogP) is 7.69. The van der Waals surface area contributed by atoms with Crippen molar-refractivity contribution in [2.75, 3.05) is 24.9 Å². The van der Waals surface area contributed by atoms with Crippen molar-refractivity contribution in [1.82, 2.24) is 14.7 Å². The van der Waals surface area contributed by atoms with Gasteiger partial charge < -0.3 is 19.7 Å². The first kappa shape index (κ1) is 33.1. The molecule has 9 nitrogen and oxygen atoms in total. The molecule has 2 saturated heterocycles. The van der Waals surface area contributed by atoms with Crippen molar-refractivity contribution in [3.05, 3.63) is 95.2 Å². The Kier molecular flexibility index (Phi) is 9.49. The monoisotopic (exact) mass is 649 g/mol. The number of rotatable bonds is 9. The van der Waals surface area contributed by atoms with E-state index in [0.717, 1.165) is 60.3 Å². The average Bonchev–Trinajstić information content (AvgIpc) is 3.59. The fourth-order valence-corrected chi connectivity index (χ4v) is 7.32. The van der Waals surface area contributed by atoms with E-state index in [0.29, 0.717) is 29.7 Å². The summed E-state index contributed by atoms with van der Waals surface area (Å²) in [6.45, 7) is 8.37. The van der Waals surface area contributed by atoms with Crippen LogP contribution >= 0.6 is 0 Å². The number of urea groups is 1. The molecule has 0 aliphatic carbocycles. The first-order valence-corrected chi connectivity index (χ1v) is 16.9. The summed E-state index contributed by atoms with van der Waals surface area (Å²) in [5, 5.41) is 10.9. The van der Waals surface area contributed by atoms with Gasteiger partial charge >= 0.3 is 6.03 Å². The van der Waals surface area contributed by atoms with Gasteiger partial charge in [-0.15, -0.1) is 0 Å². The molecule has 3 aromatic carbocycles. The van der Waals surface area contributed by atoms with Crippen LogP contribution in [0, 0.1) is 12.8 Å². The van der Waals surface area contributed by atoms with Gasteiger partial charge in [-0.2, -0.15) is 5.10 Å². The summed E-state index contributed by atoms with van der Waals surface area (Å²) in [5.74, 6) is 2.51. The standard InChI is InChI=1S/C39H47N5O4/c1-25-13-15-30(16-14-25)44-35(24-34(42-44)39(2,3)4)41-38(46)40-29-11-7-9-26(20-29)19-27-21-31-17-18-32(22-27)43(31)36(45)23-28-10-8-12-33(47-5)37(28)48-6/h7-16,20,24,27,31-32H,17-19,21-23H2,1-6H3,(H2,40,41,46). The lowest BCUT2D eigenvalue weighted by molar-refractivity contribution is -0.135. The van der Waals surface area contributed by atoms with Gasteiger partial charge in [0, 0.05) is 34.8 Å². The van der Waals surface area contributed by atoms with Crippen LogP contribution in [0.2, 0.25) is 0 Å². The molecule has 4 aromatic rings. The van der Waals surface area contributed by atoms with E-state index in [9.17, 15) is 9.59 Å². The summed E-state index contributed by atoms with van der Waals surface area (Å²) in [5.41, 5.74) is 5.53. The normalized spacial score (nSPS) is 18.8. The molecule has 2 fully saturated rings. The Balaban J connectivity index is 1.09. The molecule has 9 heteroatoms. The van der Waals surface area contributed by atoms with Crippen molar-refractivity contribution in [3.63, 3.8) is 0 Å². The number of methoxy groups -OCH3 is 2. The molecule has 2 atom stereocenters. The molecular formula is C39H47N5O4. The van der Waals surface area contributed by atoms with Crippen molar-refractivity contribution in [3.8, 4) is 17.2 Å². The van der Waals surface area contributed by atoms with Crippen LogP contribution in [0.4, 0.5) is 16.3 Å². The molecule has 2 bridgehead atoms. The fraction of sp³-hybridized carbons (Fsp3) is 0.410. The van der Waals surface area contributed by atoms with Crippen LogP contribution in [-0.4, -0.2) is 52.9 Å². The highest BCUT2D eigenvalue weighted by molar-refractivity contribution is 5.99. The maximum Gasteiger partial charge on any atom is 0.324 e. The number of piperidine rings is 1. The van der Waals surface area contributed by atoms with Gasteiger partial charge in [-0.25, -0.2) is 9.48 Å². The molecule has 48 heavy (non-hydrogen) atoms. The molecule has 0 radical (unpaired) electrons. The van der Waals surface area contributed by atoms with Gasteiger partial charge in [0.2, 0.25) is 5.91 Å². The Labute approximate surface area is 283 Å². The summed E-state index contributed by atoms with van der Waals surface area (Å²) in [4.78, 5) is 29.0. The largest absolute Gasteiger partial charge is 0.493 e. The molecule has 2 N–H and O–H groups in total. The Morgan fingerprint density at radius 1 is 0.896 bits per heavy atom. The zero-order chi connectivity index (χ0) is 34.0. The summed E-state index contributed by atoms with van der Waals surface area (Å²) in [6, 6.07) is 24.0. The third-order valence-corrected chi connectivity index (χ3v) is 9.65. The Hall–Kier alpha value is -4.79.